The van der Waals surface area contributed by atoms with Crippen molar-refractivity contribution in [2.24, 2.45) is 0 Å². The van der Waals surface area contributed by atoms with Crippen LogP contribution >= 0.6 is 0 Å². The lowest BCUT2D eigenvalue weighted by Gasteiger charge is -2.15. The number of carbonyl (C=O) groups excluding carboxylic acids is 1. The number of likely N-dealkylation sites (N-methyl/N-ethyl adjacent to an activating group) is 1. The molecule has 0 amide bonds. The highest BCUT2D eigenvalue weighted by Gasteiger charge is 2.05. The second kappa shape index (κ2) is 4.27. The molecule has 52 valence electrons. The van der Waals surface area contributed by atoms with Crippen LogP contribution in [-0.4, -0.2) is 31.3 Å². The lowest BCUT2D eigenvalue weighted by Crippen LogP contribution is -2.28. The van der Waals surface area contributed by atoms with Gasteiger partial charge >= 0.3 is 0 Å². The quantitative estimate of drug-likeness (QED) is 0.409. The van der Waals surface area contributed by atoms with E-state index < -0.39 is 0 Å². The zero-order chi connectivity index (χ0) is 7.28. The summed E-state index contributed by atoms with van der Waals surface area (Å²) in [5.41, 5.74) is 0. The molecule has 0 aliphatic carbocycles. The molecule has 1 unspecified atom stereocenters. The van der Waals surface area contributed by atoms with Crippen LogP contribution in [-0.2, 0) is 4.79 Å². The molecule has 0 aromatic carbocycles. The van der Waals surface area contributed by atoms with Crippen molar-refractivity contribution in [3.05, 3.63) is 12.7 Å². The third-order valence-corrected chi connectivity index (χ3v) is 1.23. The smallest absolute Gasteiger partial charge is 0.137 e. The van der Waals surface area contributed by atoms with Gasteiger partial charge in [-0.15, -0.1) is 6.58 Å². The number of hydrogen-bond acceptors (Lipinski definition) is 2. The first-order chi connectivity index (χ1) is 4.22. The van der Waals surface area contributed by atoms with Crippen LogP contribution < -0.4 is 0 Å². The average molecular weight is 127 g/mol. The van der Waals surface area contributed by atoms with Crippen molar-refractivity contribution < 1.29 is 4.79 Å². The Morgan fingerprint density at radius 1 is 1.67 bits per heavy atom. The molecule has 0 bridgehead atoms. The van der Waals surface area contributed by atoms with Crippen molar-refractivity contribution in [3.63, 3.8) is 0 Å². The van der Waals surface area contributed by atoms with Gasteiger partial charge in [0.2, 0.25) is 0 Å². The largest absolute Gasteiger partial charge is 0.302 e. The summed E-state index contributed by atoms with van der Waals surface area (Å²) in [6, 6.07) is 0.00231. The van der Waals surface area contributed by atoms with Crippen molar-refractivity contribution in [2.75, 3.05) is 14.1 Å². The standard InChI is InChI=1S/C7H13NO/c1-4-5-7(6-9)8(2)3/h4,6-7H,1,5H2,2-3H3. The predicted octanol–water partition coefficient (Wildman–Crippen LogP) is 0.692. The first kappa shape index (κ1) is 8.37. The Balaban J connectivity index is 3.66. The lowest BCUT2D eigenvalue weighted by molar-refractivity contribution is -0.111. The van der Waals surface area contributed by atoms with Gasteiger partial charge in [-0.25, -0.2) is 0 Å². The molecule has 0 aliphatic rings. The van der Waals surface area contributed by atoms with Crippen LogP contribution in [0.3, 0.4) is 0 Å². The van der Waals surface area contributed by atoms with Crippen molar-refractivity contribution in [1.82, 2.24) is 4.90 Å². The Morgan fingerprint density at radius 2 is 2.22 bits per heavy atom. The minimum atomic E-state index is 0.00231. The molecule has 0 fully saturated rings. The van der Waals surface area contributed by atoms with E-state index in [2.05, 4.69) is 6.58 Å². The Morgan fingerprint density at radius 3 is 2.33 bits per heavy atom. The highest BCUT2D eigenvalue weighted by Crippen LogP contribution is 1.94. The molecule has 0 rings (SSSR count). The summed E-state index contributed by atoms with van der Waals surface area (Å²) in [5.74, 6) is 0. The van der Waals surface area contributed by atoms with E-state index in [1.807, 2.05) is 19.0 Å². The first-order valence-corrected chi connectivity index (χ1v) is 2.95. The third kappa shape index (κ3) is 3.03. The second-order valence-corrected chi connectivity index (χ2v) is 2.19. The van der Waals surface area contributed by atoms with Crippen LogP contribution in [0, 0.1) is 0 Å². The number of aldehydes is 1. The van der Waals surface area contributed by atoms with Gasteiger partial charge in [-0.3, -0.25) is 4.90 Å². The molecule has 0 spiro atoms. The normalized spacial score (nSPS) is 13.2. The summed E-state index contributed by atoms with van der Waals surface area (Å²) in [7, 11) is 3.76. The van der Waals surface area contributed by atoms with E-state index in [1.165, 1.54) is 0 Å². The maximum absolute atomic E-state index is 10.2. The minimum Gasteiger partial charge on any atom is -0.302 e. The van der Waals surface area contributed by atoms with Crippen LogP contribution in [0.2, 0.25) is 0 Å². The van der Waals surface area contributed by atoms with Gasteiger partial charge in [-0.2, -0.15) is 0 Å². The zero-order valence-corrected chi connectivity index (χ0v) is 6.00. The van der Waals surface area contributed by atoms with Gasteiger partial charge < -0.3 is 4.79 Å². The Labute approximate surface area is 56.2 Å². The molecule has 9 heavy (non-hydrogen) atoms. The fourth-order valence-corrected chi connectivity index (χ4v) is 0.559. The van der Waals surface area contributed by atoms with Gasteiger partial charge in [0.15, 0.2) is 0 Å². The maximum Gasteiger partial charge on any atom is 0.137 e. The molecule has 0 saturated carbocycles. The Hall–Kier alpha value is -0.630. The fourth-order valence-electron chi connectivity index (χ4n) is 0.559. The molecular weight excluding hydrogens is 114 g/mol. The molecule has 2 nitrogen and oxygen atoms in total. The van der Waals surface area contributed by atoms with Crippen molar-refractivity contribution in [1.29, 1.82) is 0 Å². The van der Waals surface area contributed by atoms with E-state index in [1.54, 1.807) is 6.08 Å². The van der Waals surface area contributed by atoms with Crippen LogP contribution in [0.4, 0.5) is 0 Å². The minimum absolute atomic E-state index is 0.00231. The molecule has 0 aromatic rings. The molecule has 0 heterocycles. The van der Waals surface area contributed by atoms with Crippen LogP contribution in [0.5, 0.6) is 0 Å². The van der Waals surface area contributed by atoms with Crippen molar-refractivity contribution in [3.8, 4) is 0 Å². The molecule has 1 atom stereocenters. The van der Waals surface area contributed by atoms with E-state index in [9.17, 15) is 4.79 Å². The van der Waals surface area contributed by atoms with Crippen LogP contribution in [0.25, 0.3) is 0 Å². The molecular formula is C7H13NO. The molecule has 2 heteroatoms. The second-order valence-electron chi connectivity index (χ2n) is 2.19. The van der Waals surface area contributed by atoms with Gasteiger partial charge in [-0.05, 0) is 20.5 Å². The first-order valence-electron chi connectivity index (χ1n) is 2.95. The van der Waals surface area contributed by atoms with E-state index in [4.69, 9.17) is 0 Å². The third-order valence-electron chi connectivity index (χ3n) is 1.23. The molecule has 0 aliphatic heterocycles. The van der Waals surface area contributed by atoms with Crippen molar-refractivity contribution in [2.45, 2.75) is 12.5 Å². The summed E-state index contributed by atoms with van der Waals surface area (Å²) in [6.45, 7) is 3.55. The van der Waals surface area contributed by atoms with E-state index >= 15 is 0 Å². The van der Waals surface area contributed by atoms with Crippen LogP contribution in [0.15, 0.2) is 12.7 Å². The topological polar surface area (TPSA) is 20.3 Å². The number of nitrogens with zero attached hydrogens (tertiary/aromatic N) is 1. The molecule has 0 radical (unpaired) electrons. The van der Waals surface area contributed by atoms with Crippen molar-refractivity contribution >= 4 is 6.29 Å². The number of carbonyl (C=O) groups is 1. The summed E-state index contributed by atoms with van der Waals surface area (Å²) in [4.78, 5) is 12.1. The van der Waals surface area contributed by atoms with Gasteiger partial charge in [-0.1, -0.05) is 6.08 Å². The highest BCUT2D eigenvalue weighted by molar-refractivity contribution is 5.57. The SMILES string of the molecule is C=CCC(C=O)N(C)C. The van der Waals surface area contributed by atoms with E-state index in [0.29, 0.717) is 0 Å². The summed E-state index contributed by atoms with van der Waals surface area (Å²) < 4.78 is 0. The highest BCUT2D eigenvalue weighted by atomic mass is 16.1. The summed E-state index contributed by atoms with van der Waals surface area (Å²) in [5, 5.41) is 0. The van der Waals surface area contributed by atoms with Gasteiger partial charge in [0.05, 0.1) is 6.04 Å². The summed E-state index contributed by atoms with van der Waals surface area (Å²) in [6.07, 6.45) is 3.41. The zero-order valence-electron chi connectivity index (χ0n) is 6.00. The number of hydrogen-bond donors (Lipinski definition) is 0. The van der Waals surface area contributed by atoms with E-state index in [-0.39, 0.29) is 6.04 Å². The molecule has 0 N–H and O–H groups in total. The van der Waals surface area contributed by atoms with Crippen LogP contribution in [0.1, 0.15) is 6.42 Å². The number of rotatable bonds is 4. The lowest BCUT2D eigenvalue weighted by atomic mass is 10.2. The molecule has 0 aromatic heterocycles. The van der Waals surface area contributed by atoms with E-state index in [0.717, 1.165) is 12.7 Å². The Bertz CT molecular complexity index is 99.1. The average Bonchev–Trinajstić information content (AvgIpc) is 1.82. The molecule has 0 saturated heterocycles. The Kier molecular flexibility index (Phi) is 3.97. The summed E-state index contributed by atoms with van der Waals surface area (Å²) >= 11 is 0. The monoisotopic (exact) mass is 127 g/mol. The fraction of sp³-hybridized carbons (Fsp3) is 0.571. The predicted molar refractivity (Wildman–Crippen MR) is 38.4 cm³/mol. The van der Waals surface area contributed by atoms with Gasteiger partial charge in [0, 0.05) is 0 Å². The van der Waals surface area contributed by atoms with Gasteiger partial charge in [0.1, 0.15) is 6.29 Å². The van der Waals surface area contributed by atoms with Gasteiger partial charge in [0.25, 0.3) is 0 Å². The maximum atomic E-state index is 10.2.